The van der Waals surface area contributed by atoms with Gasteiger partial charge in [-0.1, -0.05) is 11.6 Å². The number of halogens is 4. The Morgan fingerprint density at radius 1 is 1.42 bits per heavy atom. The second-order valence-electron chi connectivity index (χ2n) is 4.38. The Morgan fingerprint density at radius 3 is 2.58 bits per heavy atom. The van der Waals surface area contributed by atoms with Crippen molar-refractivity contribution in [2.45, 2.75) is 18.9 Å². The number of benzene rings is 1. The average molecular weight is 372 g/mol. The molecule has 0 spiro atoms. The minimum absolute atomic E-state index is 0. The second kappa shape index (κ2) is 6.88. The van der Waals surface area contributed by atoms with Crippen LogP contribution in [0.5, 0.6) is 0 Å². The number of piperidine rings is 1. The topological polar surface area (TPSA) is 46.3 Å². The van der Waals surface area contributed by atoms with E-state index in [-0.39, 0.29) is 39.4 Å². The molecule has 1 heterocycles. The van der Waals surface area contributed by atoms with Gasteiger partial charge in [-0.2, -0.15) is 0 Å². The third-order valence-corrected chi connectivity index (χ3v) is 3.99. The largest absolute Gasteiger partial charge is 0.338 e. The highest BCUT2D eigenvalue weighted by atomic mass is 79.9. The van der Waals surface area contributed by atoms with Crippen LogP contribution in [0.4, 0.5) is 4.39 Å². The number of nitrogens with zero attached hydrogens (tertiary/aromatic N) is 1. The highest BCUT2D eigenvalue weighted by Gasteiger charge is 2.24. The summed E-state index contributed by atoms with van der Waals surface area (Å²) in [5.74, 6) is -0.727. The Labute approximate surface area is 130 Å². The van der Waals surface area contributed by atoms with Crippen molar-refractivity contribution in [1.82, 2.24) is 4.90 Å². The molecular formula is C12H14BrCl2FN2O. The molecule has 1 saturated heterocycles. The zero-order chi connectivity index (χ0) is 13.3. The van der Waals surface area contributed by atoms with Gasteiger partial charge in [0.1, 0.15) is 5.82 Å². The van der Waals surface area contributed by atoms with E-state index in [0.29, 0.717) is 13.1 Å². The molecule has 3 nitrogen and oxygen atoms in total. The highest BCUT2D eigenvalue weighted by molar-refractivity contribution is 9.10. The lowest BCUT2D eigenvalue weighted by Gasteiger charge is -2.30. The van der Waals surface area contributed by atoms with Gasteiger partial charge in [0.2, 0.25) is 0 Å². The van der Waals surface area contributed by atoms with Crippen LogP contribution in [-0.2, 0) is 0 Å². The van der Waals surface area contributed by atoms with Crippen molar-refractivity contribution in [3.8, 4) is 0 Å². The normalized spacial score (nSPS) is 16.1. The number of amides is 1. The molecular weight excluding hydrogens is 358 g/mol. The van der Waals surface area contributed by atoms with Crippen molar-refractivity contribution in [2.24, 2.45) is 5.73 Å². The number of likely N-dealkylation sites (tertiary alicyclic amines) is 1. The van der Waals surface area contributed by atoms with Crippen molar-refractivity contribution >= 4 is 45.8 Å². The Morgan fingerprint density at radius 2 is 2.00 bits per heavy atom. The van der Waals surface area contributed by atoms with Crippen molar-refractivity contribution in [3.05, 3.63) is 33.0 Å². The summed E-state index contributed by atoms with van der Waals surface area (Å²) in [6.45, 7) is 1.18. The third-order valence-electron chi connectivity index (χ3n) is 3.07. The average Bonchev–Trinajstić information content (AvgIpc) is 2.34. The summed E-state index contributed by atoms with van der Waals surface area (Å²) in [6.07, 6.45) is 1.53. The van der Waals surface area contributed by atoms with Crippen LogP contribution in [0.15, 0.2) is 16.6 Å². The van der Waals surface area contributed by atoms with E-state index in [2.05, 4.69) is 15.9 Å². The van der Waals surface area contributed by atoms with Crippen LogP contribution >= 0.6 is 39.9 Å². The number of carbonyl (C=O) groups is 1. The van der Waals surface area contributed by atoms with E-state index in [9.17, 15) is 9.18 Å². The van der Waals surface area contributed by atoms with Gasteiger partial charge in [-0.25, -0.2) is 4.39 Å². The Balaban J connectivity index is 0.00000180. The molecule has 2 N–H and O–H groups in total. The van der Waals surface area contributed by atoms with E-state index >= 15 is 0 Å². The van der Waals surface area contributed by atoms with Crippen LogP contribution in [0.25, 0.3) is 0 Å². The molecule has 2 rings (SSSR count). The first-order valence-electron chi connectivity index (χ1n) is 5.68. The minimum Gasteiger partial charge on any atom is -0.338 e. The van der Waals surface area contributed by atoms with E-state index in [0.717, 1.165) is 12.8 Å². The van der Waals surface area contributed by atoms with Crippen LogP contribution < -0.4 is 5.73 Å². The van der Waals surface area contributed by atoms with Gasteiger partial charge in [-0.3, -0.25) is 4.79 Å². The van der Waals surface area contributed by atoms with Crippen LogP contribution in [-0.4, -0.2) is 29.9 Å². The van der Waals surface area contributed by atoms with Crippen LogP contribution in [0, 0.1) is 5.82 Å². The van der Waals surface area contributed by atoms with E-state index in [4.69, 9.17) is 17.3 Å². The molecule has 1 aromatic carbocycles. The summed E-state index contributed by atoms with van der Waals surface area (Å²) in [4.78, 5) is 13.9. The van der Waals surface area contributed by atoms with Crippen molar-refractivity contribution in [2.75, 3.05) is 13.1 Å². The van der Waals surface area contributed by atoms with Crippen molar-refractivity contribution in [1.29, 1.82) is 0 Å². The molecule has 1 aliphatic rings. The van der Waals surface area contributed by atoms with Crippen LogP contribution in [0.3, 0.4) is 0 Å². The first-order chi connectivity index (χ1) is 8.49. The SMILES string of the molecule is Cl.NC1CCN(C(=O)c2cc(F)c(Br)cc2Cl)CC1. The van der Waals surface area contributed by atoms with E-state index < -0.39 is 5.82 Å². The van der Waals surface area contributed by atoms with E-state index in [1.165, 1.54) is 12.1 Å². The van der Waals surface area contributed by atoms with Crippen molar-refractivity contribution in [3.63, 3.8) is 0 Å². The predicted molar refractivity (Wildman–Crippen MR) is 79.5 cm³/mol. The van der Waals surface area contributed by atoms with E-state index in [1.54, 1.807) is 4.90 Å². The van der Waals surface area contributed by atoms with Gasteiger partial charge < -0.3 is 10.6 Å². The molecule has 0 aliphatic carbocycles. The lowest BCUT2D eigenvalue weighted by Crippen LogP contribution is -2.42. The summed E-state index contributed by atoms with van der Waals surface area (Å²) in [6, 6.07) is 2.72. The molecule has 1 amide bonds. The molecule has 0 aromatic heterocycles. The maximum Gasteiger partial charge on any atom is 0.255 e. The molecule has 0 radical (unpaired) electrons. The molecule has 1 aliphatic heterocycles. The van der Waals surface area contributed by atoms with Crippen LogP contribution in [0.2, 0.25) is 5.02 Å². The first-order valence-corrected chi connectivity index (χ1v) is 6.85. The molecule has 0 bridgehead atoms. The predicted octanol–water partition coefficient (Wildman–Crippen LogP) is 3.23. The molecule has 0 saturated carbocycles. The summed E-state index contributed by atoms with van der Waals surface area (Å²) in [5.41, 5.74) is 5.98. The molecule has 1 aromatic rings. The van der Waals surface area contributed by atoms with Gasteiger partial charge in [0.25, 0.3) is 5.91 Å². The Kier molecular flexibility index (Phi) is 6.05. The van der Waals surface area contributed by atoms with Gasteiger partial charge >= 0.3 is 0 Å². The Hall–Kier alpha value is -0.360. The lowest BCUT2D eigenvalue weighted by atomic mass is 10.0. The number of carbonyl (C=O) groups excluding carboxylic acids is 1. The fourth-order valence-electron chi connectivity index (χ4n) is 1.96. The fourth-order valence-corrected chi connectivity index (χ4v) is 2.68. The quantitative estimate of drug-likeness (QED) is 0.770. The van der Waals surface area contributed by atoms with Crippen LogP contribution in [0.1, 0.15) is 23.2 Å². The number of rotatable bonds is 1. The van der Waals surface area contributed by atoms with Gasteiger partial charge in [-0.05, 0) is 40.9 Å². The molecule has 106 valence electrons. The number of hydrogen-bond acceptors (Lipinski definition) is 2. The highest BCUT2D eigenvalue weighted by Crippen LogP contribution is 2.26. The zero-order valence-corrected chi connectivity index (χ0v) is 13.2. The number of nitrogens with two attached hydrogens (primary N) is 1. The van der Waals surface area contributed by atoms with Gasteiger partial charge in [0.05, 0.1) is 15.1 Å². The molecule has 0 atom stereocenters. The molecule has 7 heteroatoms. The summed E-state index contributed by atoms with van der Waals surface area (Å²) in [5, 5.41) is 0.253. The summed E-state index contributed by atoms with van der Waals surface area (Å²) >= 11 is 9.01. The summed E-state index contributed by atoms with van der Waals surface area (Å²) < 4.78 is 13.7. The van der Waals surface area contributed by atoms with Crippen molar-refractivity contribution < 1.29 is 9.18 Å². The minimum atomic E-state index is -0.489. The number of hydrogen-bond donors (Lipinski definition) is 1. The van der Waals surface area contributed by atoms with Gasteiger partial charge in [-0.15, -0.1) is 12.4 Å². The van der Waals surface area contributed by atoms with Gasteiger partial charge in [0, 0.05) is 19.1 Å². The Bertz CT molecular complexity index is 479. The second-order valence-corrected chi connectivity index (χ2v) is 5.64. The van der Waals surface area contributed by atoms with Gasteiger partial charge in [0.15, 0.2) is 0 Å². The maximum atomic E-state index is 13.5. The molecule has 19 heavy (non-hydrogen) atoms. The maximum absolute atomic E-state index is 13.5. The fraction of sp³-hybridized carbons (Fsp3) is 0.417. The summed E-state index contributed by atoms with van der Waals surface area (Å²) in [7, 11) is 0. The monoisotopic (exact) mass is 370 g/mol. The third kappa shape index (κ3) is 3.81. The van der Waals surface area contributed by atoms with E-state index in [1.807, 2.05) is 0 Å². The molecule has 0 unspecified atom stereocenters. The first kappa shape index (κ1) is 16.7. The lowest BCUT2D eigenvalue weighted by molar-refractivity contribution is 0.0714. The smallest absolute Gasteiger partial charge is 0.255 e. The zero-order valence-electron chi connectivity index (χ0n) is 10.0. The standard InChI is InChI=1S/C12H13BrClFN2O.ClH/c13-9-6-10(14)8(5-11(9)15)12(18)17-3-1-7(16)2-4-17;/h5-7H,1-4,16H2;1H. The molecule has 1 fully saturated rings.